The second-order valence-electron chi connectivity index (χ2n) is 4.99. The predicted molar refractivity (Wildman–Crippen MR) is 65.1 cm³/mol. The van der Waals surface area contributed by atoms with Crippen molar-refractivity contribution in [2.24, 2.45) is 5.92 Å². The minimum absolute atomic E-state index is 0.220. The SMILES string of the molecule is CC(C)OCCN(C)C1CCCCC1C#N. The highest BCUT2D eigenvalue weighted by Gasteiger charge is 2.27. The van der Waals surface area contributed by atoms with Crippen LogP contribution >= 0.6 is 0 Å². The summed E-state index contributed by atoms with van der Waals surface area (Å²) in [5, 5.41) is 9.12. The highest BCUT2D eigenvalue weighted by molar-refractivity contribution is 4.94. The molecular weight excluding hydrogens is 200 g/mol. The van der Waals surface area contributed by atoms with Gasteiger partial charge in [0.1, 0.15) is 0 Å². The lowest BCUT2D eigenvalue weighted by molar-refractivity contribution is 0.0465. The number of rotatable bonds is 5. The third-order valence-electron chi connectivity index (χ3n) is 3.36. The van der Waals surface area contributed by atoms with E-state index in [0.29, 0.717) is 12.1 Å². The van der Waals surface area contributed by atoms with Gasteiger partial charge < -0.3 is 4.74 Å². The van der Waals surface area contributed by atoms with E-state index in [1.807, 2.05) is 0 Å². The van der Waals surface area contributed by atoms with E-state index in [1.165, 1.54) is 12.8 Å². The minimum atomic E-state index is 0.220. The molecule has 3 heteroatoms. The molecule has 0 bridgehead atoms. The fourth-order valence-electron chi connectivity index (χ4n) is 2.39. The Morgan fingerprint density at radius 2 is 2.06 bits per heavy atom. The van der Waals surface area contributed by atoms with Crippen LogP contribution in [0.25, 0.3) is 0 Å². The third-order valence-corrected chi connectivity index (χ3v) is 3.36. The van der Waals surface area contributed by atoms with E-state index >= 15 is 0 Å². The maximum Gasteiger partial charge on any atom is 0.0672 e. The molecule has 1 aliphatic rings. The van der Waals surface area contributed by atoms with Gasteiger partial charge in [0.25, 0.3) is 0 Å². The molecule has 0 N–H and O–H groups in total. The van der Waals surface area contributed by atoms with Crippen LogP contribution in [0.5, 0.6) is 0 Å². The molecular formula is C13H24N2O. The van der Waals surface area contributed by atoms with Gasteiger partial charge in [-0.1, -0.05) is 12.8 Å². The van der Waals surface area contributed by atoms with Crippen LogP contribution < -0.4 is 0 Å². The molecule has 0 aromatic rings. The minimum Gasteiger partial charge on any atom is -0.377 e. The largest absolute Gasteiger partial charge is 0.377 e. The van der Waals surface area contributed by atoms with E-state index in [4.69, 9.17) is 10.00 Å². The lowest BCUT2D eigenvalue weighted by Gasteiger charge is -2.34. The molecule has 0 heterocycles. The average Bonchev–Trinajstić information content (AvgIpc) is 2.28. The fourth-order valence-corrected chi connectivity index (χ4v) is 2.39. The standard InChI is InChI=1S/C13H24N2O/c1-11(2)16-9-8-15(3)13-7-5-4-6-12(13)10-14/h11-13H,4-9H2,1-3H3. The van der Waals surface area contributed by atoms with Gasteiger partial charge >= 0.3 is 0 Å². The Bertz CT molecular complexity index is 235. The molecule has 3 nitrogen and oxygen atoms in total. The molecule has 1 fully saturated rings. The molecule has 1 rings (SSSR count). The Labute approximate surface area is 99.4 Å². The summed E-state index contributed by atoms with van der Waals surface area (Å²) in [5.41, 5.74) is 0. The van der Waals surface area contributed by atoms with Crippen molar-refractivity contribution >= 4 is 0 Å². The predicted octanol–water partition coefficient (Wildman–Crippen LogP) is 2.43. The highest BCUT2D eigenvalue weighted by atomic mass is 16.5. The summed E-state index contributed by atoms with van der Waals surface area (Å²) in [6.07, 6.45) is 5.00. The van der Waals surface area contributed by atoms with Crippen molar-refractivity contribution in [1.29, 1.82) is 5.26 Å². The topological polar surface area (TPSA) is 36.3 Å². The molecule has 0 amide bonds. The molecule has 2 atom stereocenters. The van der Waals surface area contributed by atoms with E-state index in [0.717, 1.165) is 26.0 Å². The first-order valence-electron chi connectivity index (χ1n) is 6.36. The van der Waals surface area contributed by atoms with Crippen molar-refractivity contribution < 1.29 is 4.74 Å². The normalized spacial score (nSPS) is 26.0. The van der Waals surface area contributed by atoms with Crippen LogP contribution in [0.3, 0.4) is 0 Å². The highest BCUT2D eigenvalue weighted by Crippen LogP contribution is 2.27. The van der Waals surface area contributed by atoms with Gasteiger partial charge in [-0.3, -0.25) is 4.90 Å². The third kappa shape index (κ3) is 4.11. The summed E-state index contributed by atoms with van der Waals surface area (Å²) in [5.74, 6) is 0.220. The molecule has 0 saturated heterocycles. The first-order chi connectivity index (χ1) is 7.65. The maximum absolute atomic E-state index is 9.12. The smallest absolute Gasteiger partial charge is 0.0672 e. The zero-order chi connectivity index (χ0) is 12.0. The second kappa shape index (κ2) is 6.88. The molecule has 0 radical (unpaired) electrons. The summed E-state index contributed by atoms with van der Waals surface area (Å²) in [6, 6.07) is 2.89. The number of nitrogens with zero attached hydrogens (tertiary/aromatic N) is 2. The molecule has 0 aromatic carbocycles. The van der Waals surface area contributed by atoms with Gasteiger partial charge in [0.05, 0.1) is 24.7 Å². The van der Waals surface area contributed by atoms with Crippen LogP contribution in [0, 0.1) is 17.2 Å². The number of hydrogen-bond donors (Lipinski definition) is 0. The first-order valence-corrected chi connectivity index (χ1v) is 6.36. The van der Waals surface area contributed by atoms with Crippen molar-refractivity contribution in [3.05, 3.63) is 0 Å². The average molecular weight is 224 g/mol. The molecule has 16 heavy (non-hydrogen) atoms. The van der Waals surface area contributed by atoms with Crippen LogP contribution in [0.15, 0.2) is 0 Å². The van der Waals surface area contributed by atoms with Gasteiger partial charge in [-0.2, -0.15) is 5.26 Å². The Morgan fingerprint density at radius 3 is 2.69 bits per heavy atom. The Kier molecular flexibility index (Phi) is 5.79. The summed E-state index contributed by atoms with van der Waals surface area (Å²) in [7, 11) is 2.12. The number of nitriles is 1. The van der Waals surface area contributed by atoms with E-state index < -0.39 is 0 Å². The van der Waals surface area contributed by atoms with Gasteiger partial charge in [0, 0.05) is 12.6 Å². The maximum atomic E-state index is 9.12. The van der Waals surface area contributed by atoms with Crippen molar-refractivity contribution in [3.63, 3.8) is 0 Å². The lowest BCUT2D eigenvalue weighted by atomic mass is 9.85. The van der Waals surface area contributed by atoms with Gasteiger partial charge in [0.15, 0.2) is 0 Å². The Hall–Kier alpha value is -0.590. The number of hydrogen-bond acceptors (Lipinski definition) is 3. The van der Waals surface area contributed by atoms with Crippen LogP contribution in [0.1, 0.15) is 39.5 Å². The van der Waals surface area contributed by atoms with Crippen LogP contribution in [0.4, 0.5) is 0 Å². The number of ether oxygens (including phenoxy) is 1. The van der Waals surface area contributed by atoms with E-state index in [-0.39, 0.29) is 5.92 Å². The Morgan fingerprint density at radius 1 is 1.38 bits per heavy atom. The molecule has 1 saturated carbocycles. The van der Waals surface area contributed by atoms with E-state index in [1.54, 1.807) is 0 Å². The quantitative estimate of drug-likeness (QED) is 0.719. The van der Waals surface area contributed by atoms with Crippen molar-refractivity contribution in [2.75, 3.05) is 20.2 Å². The summed E-state index contributed by atoms with van der Waals surface area (Å²) >= 11 is 0. The van der Waals surface area contributed by atoms with Crippen LogP contribution in [0.2, 0.25) is 0 Å². The van der Waals surface area contributed by atoms with Crippen LogP contribution in [-0.4, -0.2) is 37.2 Å². The van der Waals surface area contributed by atoms with Crippen LogP contribution in [-0.2, 0) is 4.74 Å². The molecule has 92 valence electrons. The Balaban J connectivity index is 2.33. The van der Waals surface area contributed by atoms with Crippen molar-refractivity contribution in [2.45, 2.75) is 51.7 Å². The summed E-state index contributed by atoms with van der Waals surface area (Å²) in [6.45, 7) is 5.81. The molecule has 0 aromatic heterocycles. The number of likely N-dealkylation sites (N-methyl/N-ethyl adjacent to an activating group) is 1. The fraction of sp³-hybridized carbons (Fsp3) is 0.923. The molecule has 2 unspecified atom stereocenters. The van der Waals surface area contributed by atoms with E-state index in [9.17, 15) is 0 Å². The molecule has 1 aliphatic carbocycles. The zero-order valence-corrected chi connectivity index (χ0v) is 10.8. The van der Waals surface area contributed by atoms with Gasteiger partial charge in [0.2, 0.25) is 0 Å². The zero-order valence-electron chi connectivity index (χ0n) is 10.8. The van der Waals surface area contributed by atoms with Crippen molar-refractivity contribution in [1.82, 2.24) is 4.90 Å². The van der Waals surface area contributed by atoms with Gasteiger partial charge in [-0.25, -0.2) is 0 Å². The lowest BCUT2D eigenvalue weighted by Crippen LogP contribution is -2.41. The molecule has 0 spiro atoms. The van der Waals surface area contributed by atoms with Crippen molar-refractivity contribution in [3.8, 4) is 6.07 Å². The van der Waals surface area contributed by atoms with Gasteiger partial charge in [-0.15, -0.1) is 0 Å². The molecule has 0 aliphatic heterocycles. The van der Waals surface area contributed by atoms with Gasteiger partial charge in [-0.05, 0) is 33.7 Å². The monoisotopic (exact) mass is 224 g/mol. The first kappa shape index (κ1) is 13.5. The van der Waals surface area contributed by atoms with E-state index in [2.05, 4.69) is 31.9 Å². The second-order valence-corrected chi connectivity index (χ2v) is 4.99. The summed E-state index contributed by atoms with van der Waals surface area (Å²) in [4.78, 5) is 2.30. The summed E-state index contributed by atoms with van der Waals surface area (Å²) < 4.78 is 5.55.